The Bertz CT molecular complexity index is 796. The molecule has 1 heterocycles. The van der Waals surface area contributed by atoms with Crippen molar-refractivity contribution in [2.45, 2.75) is 6.18 Å². The molecule has 0 unspecified atom stereocenters. The molecular weight excluding hydrogens is 343 g/mol. The number of thiophene rings is 1. The van der Waals surface area contributed by atoms with Crippen molar-refractivity contribution in [2.24, 2.45) is 0 Å². The van der Waals surface area contributed by atoms with Crippen molar-refractivity contribution in [3.05, 3.63) is 53.4 Å². The highest BCUT2D eigenvalue weighted by atomic mass is 32.1. The van der Waals surface area contributed by atoms with Crippen molar-refractivity contribution < 1.29 is 27.5 Å². The zero-order valence-corrected chi connectivity index (χ0v) is 13.3. The molecule has 2 aromatic rings. The summed E-state index contributed by atoms with van der Waals surface area (Å²) in [7, 11) is 1.17. The van der Waals surface area contributed by atoms with Crippen LogP contribution in [0.5, 0.6) is 0 Å². The van der Waals surface area contributed by atoms with Gasteiger partial charge in [-0.1, -0.05) is 18.7 Å². The monoisotopic (exact) mass is 355 g/mol. The molecule has 1 N–H and O–H groups in total. The van der Waals surface area contributed by atoms with E-state index in [9.17, 15) is 22.8 Å². The van der Waals surface area contributed by atoms with Gasteiger partial charge in [0.25, 0.3) is 0 Å². The van der Waals surface area contributed by atoms with Crippen molar-refractivity contribution in [3.8, 4) is 10.4 Å². The Labute approximate surface area is 139 Å². The number of amides is 1. The second-order valence-electron chi connectivity index (χ2n) is 4.62. The quantitative estimate of drug-likeness (QED) is 0.655. The Balaban J connectivity index is 2.50. The van der Waals surface area contributed by atoms with Gasteiger partial charge in [0.15, 0.2) is 0 Å². The lowest BCUT2D eigenvalue weighted by molar-refractivity contribution is -0.137. The minimum atomic E-state index is -4.47. The molecule has 0 aliphatic rings. The Morgan fingerprint density at radius 2 is 2.00 bits per heavy atom. The van der Waals surface area contributed by atoms with E-state index in [1.165, 1.54) is 25.3 Å². The van der Waals surface area contributed by atoms with Gasteiger partial charge in [-0.3, -0.25) is 4.79 Å². The Kier molecular flexibility index (Phi) is 5.08. The van der Waals surface area contributed by atoms with Crippen LogP contribution in [0.1, 0.15) is 15.2 Å². The normalized spacial score (nSPS) is 11.0. The lowest BCUT2D eigenvalue weighted by atomic mass is 10.1. The molecule has 0 spiro atoms. The summed E-state index contributed by atoms with van der Waals surface area (Å²) in [5.74, 6) is -1.24. The topological polar surface area (TPSA) is 55.4 Å². The Hall–Kier alpha value is -2.61. The summed E-state index contributed by atoms with van der Waals surface area (Å²) in [6.45, 7) is 3.31. The van der Waals surface area contributed by atoms with Gasteiger partial charge in [-0.25, -0.2) is 4.79 Å². The third-order valence-electron chi connectivity index (χ3n) is 3.02. The molecule has 1 amide bonds. The van der Waals surface area contributed by atoms with Crippen molar-refractivity contribution in [2.75, 3.05) is 12.4 Å². The van der Waals surface area contributed by atoms with Crippen LogP contribution in [0.2, 0.25) is 0 Å². The summed E-state index contributed by atoms with van der Waals surface area (Å²) >= 11 is 0.926. The predicted molar refractivity (Wildman–Crippen MR) is 84.9 cm³/mol. The first kappa shape index (κ1) is 17.7. The van der Waals surface area contributed by atoms with Gasteiger partial charge in [0.2, 0.25) is 5.91 Å². The highest BCUT2D eigenvalue weighted by molar-refractivity contribution is 7.18. The third-order valence-corrected chi connectivity index (χ3v) is 4.18. The number of carbonyl (C=O) groups excluding carboxylic acids is 2. The second kappa shape index (κ2) is 6.88. The Morgan fingerprint density at radius 3 is 2.58 bits per heavy atom. The van der Waals surface area contributed by atoms with Crippen LogP contribution >= 0.6 is 11.3 Å². The largest absolute Gasteiger partial charge is 0.465 e. The first-order valence-electron chi connectivity index (χ1n) is 6.59. The van der Waals surface area contributed by atoms with E-state index < -0.39 is 23.6 Å². The molecule has 0 atom stereocenters. The number of carbonyl (C=O) groups is 2. The van der Waals surface area contributed by atoms with E-state index in [-0.39, 0.29) is 16.1 Å². The van der Waals surface area contributed by atoms with Crippen LogP contribution in [0.4, 0.5) is 18.9 Å². The molecular formula is C16H12F3NO3S. The van der Waals surface area contributed by atoms with E-state index in [1.54, 1.807) is 0 Å². The fraction of sp³-hybridized carbons (Fsp3) is 0.125. The van der Waals surface area contributed by atoms with Crippen LogP contribution < -0.4 is 5.32 Å². The highest BCUT2D eigenvalue weighted by Crippen LogP contribution is 2.38. The molecule has 0 saturated heterocycles. The zero-order valence-electron chi connectivity index (χ0n) is 12.4. The number of anilines is 1. The number of esters is 1. The van der Waals surface area contributed by atoms with E-state index in [2.05, 4.69) is 16.6 Å². The minimum absolute atomic E-state index is 0.0834. The number of halogens is 3. The number of hydrogen-bond donors (Lipinski definition) is 1. The average Bonchev–Trinajstić information content (AvgIpc) is 2.97. The van der Waals surface area contributed by atoms with Crippen molar-refractivity contribution in [1.29, 1.82) is 0 Å². The van der Waals surface area contributed by atoms with E-state index in [0.717, 1.165) is 29.5 Å². The number of methoxy groups -OCH3 is 1. The molecule has 1 aromatic heterocycles. The SMILES string of the molecule is C=CC(=O)Nc1cc(-c2cccc(C(F)(F)F)c2)sc1C(=O)OC. The number of hydrogen-bond acceptors (Lipinski definition) is 4. The van der Waals surface area contributed by atoms with E-state index in [1.807, 2.05) is 0 Å². The summed E-state index contributed by atoms with van der Waals surface area (Å²) in [5.41, 5.74) is -0.368. The highest BCUT2D eigenvalue weighted by Gasteiger charge is 2.30. The van der Waals surface area contributed by atoms with Crippen LogP contribution in [-0.4, -0.2) is 19.0 Å². The standard InChI is InChI=1S/C16H12F3NO3S/c1-3-13(21)20-11-8-12(24-14(11)15(22)23-2)9-5-4-6-10(7-9)16(17,18)19/h3-8H,1H2,2H3,(H,20,21). The summed E-state index contributed by atoms with van der Waals surface area (Å²) in [6.07, 6.45) is -3.46. The van der Waals surface area contributed by atoms with Gasteiger partial charge in [0.05, 0.1) is 18.4 Å². The fourth-order valence-corrected chi connectivity index (χ4v) is 2.93. The lowest BCUT2D eigenvalue weighted by Crippen LogP contribution is -2.10. The maximum Gasteiger partial charge on any atom is 0.416 e. The molecule has 0 radical (unpaired) electrons. The van der Waals surface area contributed by atoms with Crippen LogP contribution in [0.15, 0.2) is 43.0 Å². The summed E-state index contributed by atoms with van der Waals surface area (Å²) in [5, 5.41) is 2.44. The molecule has 2 rings (SSSR count). The number of benzene rings is 1. The molecule has 0 aliphatic carbocycles. The zero-order chi connectivity index (χ0) is 17.9. The van der Waals surface area contributed by atoms with E-state index in [0.29, 0.717) is 4.88 Å². The number of nitrogens with one attached hydrogen (secondary N) is 1. The average molecular weight is 355 g/mol. The van der Waals surface area contributed by atoms with Crippen LogP contribution in [0, 0.1) is 0 Å². The van der Waals surface area contributed by atoms with Crippen molar-refractivity contribution in [1.82, 2.24) is 0 Å². The summed E-state index contributed by atoms with van der Waals surface area (Å²) in [4.78, 5) is 23.7. The first-order chi connectivity index (χ1) is 11.3. The maximum absolute atomic E-state index is 12.8. The first-order valence-corrected chi connectivity index (χ1v) is 7.41. The van der Waals surface area contributed by atoms with Gasteiger partial charge < -0.3 is 10.1 Å². The molecule has 24 heavy (non-hydrogen) atoms. The number of ether oxygens (including phenoxy) is 1. The molecule has 8 heteroatoms. The summed E-state index contributed by atoms with van der Waals surface area (Å²) < 4.78 is 43.1. The van der Waals surface area contributed by atoms with Crippen LogP contribution in [0.25, 0.3) is 10.4 Å². The second-order valence-corrected chi connectivity index (χ2v) is 5.67. The third kappa shape index (κ3) is 3.83. The van der Waals surface area contributed by atoms with Crippen molar-refractivity contribution >= 4 is 28.9 Å². The van der Waals surface area contributed by atoms with Gasteiger partial charge in [0, 0.05) is 4.88 Å². The smallest absolute Gasteiger partial charge is 0.416 e. The Morgan fingerprint density at radius 1 is 1.29 bits per heavy atom. The maximum atomic E-state index is 12.8. The number of rotatable bonds is 4. The molecule has 4 nitrogen and oxygen atoms in total. The van der Waals surface area contributed by atoms with E-state index in [4.69, 9.17) is 0 Å². The number of alkyl halides is 3. The van der Waals surface area contributed by atoms with Crippen LogP contribution in [-0.2, 0) is 15.7 Å². The molecule has 1 aromatic carbocycles. The minimum Gasteiger partial charge on any atom is -0.465 e. The fourth-order valence-electron chi connectivity index (χ4n) is 1.90. The molecule has 0 fully saturated rings. The predicted octanol–water partition coefficient (Wildman–Crippen LogP) is 4.35. The van der Waals surface area contributed by atoms with Crippen molar-refractivity contribution in [3.63, 3.8) is 0 Å². The van der Waals surface area contributed by atoms with Crippen LogP contribution in [0.3, 0.4) is 0 Å². The summed E-state index contributed by atoms with van der Waals surface area (Å²) in [6, 6.07) is 6.12. The van der Waals surface area contributed by atoms with Gasteiger partial charge in [-0.2, -0.15) is 13.2 Å². The van der Waals surface area contributed by atoms with Gasteiger partial charge >= 0.3 is 12.1 Å². The van der Waals surface area contributed by atoms with Gasteiger partial charge in [0.1, 0.15) is 4.88 Å². The molecule has 0 saturated carbocycles. The molecule has 0 aliphatic heterocycles. The molecule has 126 valence electrons. The van der Waals surface area contributed by atoms with E-state index >= 15 is 0 Å². The van der Waals surface area contributed by atoms with Gasteiger partial charge in [-0.05, 0) is 29.8 Å². The molecule has 0 bridgehead atoms. The van der Waals surface area contributed by atoms with Gasteiger partial charge in [-0.15, -0.1) is 11.3 Å². The lowest BCUT2D eigenvalue weighted by Gasteiger charge is -2.07.